The van der Waals surface area contributed by atoms with Gasteiger partial charge in [-0.05, 0) is 36.5 Å². The SMILES string of the molecule is O=C(Cc1ccncc1)N[C@H](C(=O)O)C1CCCCC1. The van der Waals surface area contributed by atoms with E-state index in [0.717, 1.165) is 37.7 Å². The van der Waals surface area contributed by atoms with Gasteiger partial charge in [-0.1, -0.05) is 19.3 Å². The molecule has 20 heavy (non-hydrogen) atoms. The first-order valence-corrected chi connectivity index (χ1v) is 7.08. The standard InChI is InChI=1S/C15H20N2O3/c18-13(10-11-6-8-16-9-7-11)17-14(15(19)20)12-4-2-1-3-5-12/h6-9,12,14H,1-5,10H2,(H,17,18)(H,19,20)/t14-/m0/s1. The summed E-state index contributed by atoms with van der Waals surface area (Å²) in [4.78, 5) is 27.2. The largest absolute Gasteiger partial charge is 0.480 e. The highest BCUT2D eigenvalue weighted by molar-refractivity contribution is 5.85. The molecule has 108 valence electrons. The van der Waals surface area contributed by atoms with Crippen LogP contribution in [0, 0.1) is 5.92 Å². The van der Waals surface area contributed by atoms with Crippen LogP contribution < -0.4 is 5.32 Å². The molecule has 5 nitrogen and oxygen atoms in total. The lowest BCUT2D eigenvalue weighted by Crippen LogP contribution is -2.47. The third kappa shape index (κ3) is 4.05. The molecule has 1 saturated carbocycles. The maximum Gasteiger partial charge on any atom is 0.326 e. The summed E-state index contributed by atoms with van der Waals surface area (Å²) >= 11 is 0. The average molecular weight is 276 g/mol. The maximum absolute atomic E-state index is 12.0. The molecule has 1 aromatic heterocycles. The number of rotatable bonds is 5. The second kappa shape index (κ2) is 7.03. The Bertz CT molecular complexity index is 455. The molecule has 0 radical (unpaired) electrons. The summed E-state index contributed by atoms with van der Waals surface area (Å²) < 4.78 is 0. The van der Waals surface area contributed by atoms with Gasteiger partial charge in [-0.3, -0.25) is 9.78 Å². The number of nitrogens with one attached hydrogen (secondary N) is 1. The van der Waals surface area contributed by atoms with Crippen LogP contribution in [0.2, 0.25) is 0 Å². The van der Waals surface area contributed by atoms with E-state index < -0.39 is 12.0 Å². The molecule has 1 amide bonds. The predicted octanol–water partition coefficient (Wildman–Crippen LogP) is 1.77. The molecular weight excluding hydrogens is 256 g/mol. The van der Waals surface area contributed by atoms with Gasteiger partial charge >= 0.3 is 5.97 Å². The Labute approximate surface area is 118 Å². The van der Waals surface area contributed by atoms with Gasteiger partial charge < -0.3 is 10.4 Å². The van der Waals surface area contributed by atoms with E-state index in [9.17, 15) is 14.7 Å². The first-order chi connectivity index (χ1) is 9.66. The fraction of sp³-hybridized carbons (Fsp3) is 0.533. The number of pyridine rings is 1. The molecular formula is C15H20N2O3. The van der Waals surface area contributed by atoms with Crippen LogP contribution in [0.15, 0.2) is 24.5 Å². The van der Waals surface area contributed by atoms with Crippen molar-refractivity contribution in [1.29, 1.82) is 0 Å². The zero-order valence-corrected chi connectivity index (χ0v) is 11.4. The summed E-state index contributed by atoms with van der Waals surface area (Å²) in [5.41, 5.74) is 0.838. The molecule has 0 aliphatic heterocycles. The molecule has 0 unspecified atom stereocenters. The molecule has 5 heteroatoms. The van der Waals surface area contributed by atoms with Gasteiger partial charge in [0.15, 0.2) is 0 Å². The first kappa shape index (κ1) is 14.5. The van der Waals surface area contributed by atoms with Crippen LogP contribution in [0.25, 0.3) is 0 Å². The molecule has 0 saturated heterocycles. The van der Waals surface area contributed by atoms with Crippen molar-refractivity contribution in [2.24, 2.45) is 5.92 Å². The number of carbonyl (C=O) groups is 2. The molecule has 0 spiro atoms. The van der Waals surface area contributed by atoms with E-state index in [0.29, 0.717) is 0 Å². The number of aromatic nitrogens is 1. The number of carboxylic acid groups (broad SMARTS) is 1. The van der Waals surface area contributed by atoms with E-state index >= 15 is 0 Å². The number of carboxylic acids is 1. The molecule has 1 aliphatic carbocycles. The van der Waals surface area contributed by atoms with Crippen molar-refractivity contribution in [1.82, 2.24) is 10.3 Å². The van der Waals surface area contributed by atoms with E-state index in [1.807, 2.05) is 0 Å². The highest BCUT2D eigenvalue weighted by atomic mass is 16.4. The van der Waals surface area contributed by atoms with Crippen LogP contribution in [-0.4, -0.2) is 28.0 Å². The Morgan fingerprint density at radius 1 is 1.25 bits per heavy atom. The van der Waals surface area contributed by atoms with Crippen LogP contribution >= 0.6 is 0 Å². The summed E-state index contributed by atoms with van der Waals surface area (Å²) in [5.74, 6) is -1.11. The second-order valence-electron chi connectivity index (χ2n) is 5.31. The lowest BCUT2D eigenvalue weighted by atomic mass is 9.84. The minimum absolute atomic E-state index is 0.0580. The third-order valence-corrected chi connectivity index (χ3v) is 3.82. The fourth-order valence-electron chi connectivity index (χ4n) is 2.76. The average Bonchev–Trinajstić information content (AvgIpc) is 2.46. The minimum atomic E-state index is -0.931. The first-order valence-electron chi connectivity index (χ1n) is 7.08. The third-order valence-electron chi connectivity index (χ3n) is 3.82. The highest BCUT2D eigenvalue weighted by Gasteiger charge is 2.30. The van der Waals surface area contributed by atoms with Crippen LogP contribution in [0.3, 0.4) is 0 Å². The Kier molecular flexibility index (Phi) is 5.09. The Hall–Kier alpha value is -1.91. The minimum Gasteiger partial charge on any atom is -0.480 e. The number of carbonyl (C=O) groups excluding carboxylic acids is 1. The van der Waals surface area contributed by atoms with Crippen LogP contribution in [0.4, 0.5) is 0 Å². The summed E-state index contributed by atoms with van der Waals surface area (Å²) in [5, 5.41) is 12.0. The number of nitrogens with zero attached hydrogens (tertiary/aromatic N) is 1. The van der Waals surface area contributed by atoms with Gasteiger partial charge in [-0.15, -0.1) is 0 Å². The zero-order valence-electron chi connectivity index (χ0n) is 11.4. The van der Waals surface area contributed by atoms with Gasteiger partial charge in [0.05, 0.1) is 6.42 Å². The fourth-order valence-corrected chi connectivity index (χ4v) is 2.76. The van der Waals surface area contributed by atoms with Gasteiger partial charge in [0, 0.05) is 12.4 Å². The van der Waals surface area contributed by atoms with E-state index in [-0.39, 0.29) is 18.2 Å². The molecule has 0 bridgehead atoms. The molecule has 1 aliphatic rings. The number of hydrogen-bond acceptors (Lipinski definition) is 3. The van der Waals surface area contributed by atoms with Gasteiger partial charge in [0.2, 0.25) is 5.91 Å². The second-order valence-corrected chi connectivity index (χ2v) is 5.31. The smallest absolute Gasteiger partial charge is 0.326 e. The lowest BCUT2D eigenvalue weighted by Gasteiger charge is -2.28. The number of aliphatic carboxylic acids is 1. The Morgan fingerprint density at radius 2 is 1.90 bits per heavy atom. The molecule has 2 rings (SSSR count). The number of hydrogen-bond donors (Lipinski definition) is 2. The van der Waals surface area contributed by atoms with Crippen LogP contribution in [-0.2, 0) is 16.0 Å². The summed E-state index contributed by atoms with van der Waals surface area (Å²) in [6.45, 7) is 0. The van der Waals surface area contributed by atoms with Crippen LogP contribution in [0.5, 0.6) is 0 Å². The van der Waals surface area contributed by atoms with Gasteiger partial charge in [0.1, 0.15) is 6.04 Å². The molecule has 0 aromatic carbocycles. The van der Waals surface area contributed by atoms with Crippen molar-refractivity contribution < 1.29 is 14.7 Å². The van der Waals surface area contributed by atoms with Crippen molar-refractivity contribution in [2.75, 3.05) is 0 Å². The van der Waals surface area contributed by atoms with E-state index in [1.54, 1.807) is 24.5 Å². The van der Waals surface area contributed by atoms with Crippen molar-refractivity contribution in [3.63, 3.8) is 0 Å². The van der Waals surface area contributed by atoms with Crippen molar-refractivity contribution in [3.8, 4) is 0 Å². The summed E-state index contributed by atoms with van der Waals surface area (Å²) in [6, 6.07) is 2.76. The Morgan fingerprint density at radius 3 is 2.50 bits per heavy atom. The normalized spacial score (nSPS) is 17.4. The topological polar surface area (TPSA) is 79.3 Å². The van der Waals surface area contributed by atoms with Gasteiger partial charge in [-0.2, -0.15) is 0 Å². The summed E-state index contributed by atoms with van der Waals surface area (Å²) in [6.07, 6.45) is 8.46. The zero-order chi connectivity index (χ0) is 14.4. The molecule has 1 heterocycles. The van der Waals surface area contributed by atoms with Gasteiger partial charge in [-0.25, -0.2) is 4.79 Å². The van der Waals surface area contributed by atoms with E-state index in [1.165, 1.54) is 0 Å². The lowest BCUT2D eigenvalue weighted by molar-refractivity contribution is -0.143. The monoisotopic (exact) mass is 276 g/mol. The molecule has 2 N–H and O–H groups in total. The van der Waals surface area contributed by atoms with E-state index in [2.05, 4.69) is 10.3 Å². The van der Waals surface area contributed by atoms with Crippen molar-refractivity contribution in [3.05, 3.63) is 30.1 Å². The quantitative estimate of drug-likeness (QED) is 0.859. The van der Waals surface area contributed by atoms with Crippen molar-refractivity contribution in [2.45, 2.75) is 44.6 Å². The van der Waals surface area contributed by atoms with E-state index in [4.69, 9.17) is 0 Å². The maximum atomic E-state index is 12.0. The Balaban J connectivity index is 1.93. The van der Waals surface area contributed by atoms with Gasteiger partial charge in [0.25, 0.3) is 0 Å². The predicted molar refractivity (Wildman–Crippen MR) is 74.1 cm³/mol. The molecule has 1 aromatic rings. The summed E-state index contributed by atoms with van der Waals surface area (Å²) in [7, 11) is 0. The molecule has 1 fully saturated rings. The number of amides is 1. The van der Waals surface area contributed by atoms with Crippen molar-refractivity contribution >= 4 is 11.9 Å². The highest BCUT2D eigenvalue weighted by Crippen LogP contribution is 2.26. The van der Waals surface area contributed by atoms with Crippen LogP contribution in [0.1, 0.15) is 37.7 Å². The molecule has 1 atom stereocenters.